The van der Waals surface area contributed by atoms with Crippen LogP contribution in [-0.4, -0.2) is 26.8 Å². The molecular weight excluding hydrogens is 229 g/mol. The average molecular weight is 253 g/mol. The van der Waals surface area contributed by atoms with Crippen molar-refractivity contribution in [3.63, 3.8) is 0 Å². The molecule has 0 aliphatic heterocycles. The summed E-state index contributed by atoms with van der Waals surface area (Å²) in [5.41, 5.74) is 0.816. The van der Waals surface area contributed by atoms with Crippen molar-refractivity contribution in [2.75, 3.05) is 26.8 Å². The molecule has 0 amide bonds. The minimum absolute atomic E-state index is 0.101. The first kappa shape index (κ1) is 15.1. The third-order valence-corrected chi connectivity index (χ3v) is 3.48. The van der Waals surface area contributed by atoms with Gasteiger partial charge in [-0.25, -0.2) is 4.39 Å². The molecule has 2 unspecified atom stereocenters. The van der Waals surface area contributed by atoms with E-state index in [4.69, 9.17) is 4.74 Å². The fourth-order valence-corrected chi connectivity index (χ4v) is 2.11. The zero-order valence-corrected chi connectivity index (χ0v) is 11.6. The molecule has 1 aromatic rings. The van der Waals surface area contributed by atoms with Gasteiger partial charge in [0.05, 0.1) is 6.61 Å². The van der Waals surface area contributed by atoms with E-state index in [9.17, 15) is 4.39 Å². The first-order chi connectivity index (χ1) is 8.70. The van der Waals surface area contributed by atoms with Crippen LogP contribution in [0.4, 0.5) is 4.39 Å². The lowest BCUT2D eigenvalue weighted by molar-refractivity contribution is 0.198. The number of nitrogens with one attached hydrogen (secondary N) is 1. The number of ether oxygens (including phenoxy) is 1. The number of hydrogen-bond donors (Lipinski definition) is 1. The molecule has 0 aliphatic carbocycles. The van der Waals surface area contributed by atoms with E-state index in [2.05, 4.69) is 19.2 Å². The number of halogens is 1. The molecule has 102 valence electrons. The van der Waals surface area contributed by atoms with Crippen molar-refractivity contribution in [2.45, 2.75) is 26.2 Å². The van der Waals surface area contributed by atoms with E-state index in [1.807, 2.05) is 12.1 Å². The molecule has 0 saturated carbocycles. The number of methoxy groups -OCH3 is 1. The second-order valence-corrected chi connectivity index (χ2v) is 4.71. The zero-order valence-electron chi connectivity index (χ0n) is 11.6. The lowest BCUT2D eigenvalue weighted by Gasteiger charge is -2.24. The van der Waals surface area contributed by atoms with Gasteiger partial charge in [-0.2, -0.15) is 0 Å². The zero-order chi connectivity index (χ0) is 13.4. The predicted octanol–water partition coefficient (Wildman–Crippen LogP) is 3.19. The van der Waals surface area contributed by atoms with Crippen LogP contribution in [0.1, 0.15) is 31.7 Å². The molecule has 0 aliphatic rings. The van der Waals surface area contributed by atoms with E-state index in [1.54, 1.807) is 19.2 Å². The molecule has 0 spiro atoms. The molecule has 0 heterocycles. The standard InChI is InChI=1S/C15H24FNO/c1-4-12(2)14(11-17-9-10-18-3)13-7-5-6-8-15(13)16/h5-8,12,14,17H,4,9-11H2,1-3H3. The average Bonchev–Trinajstić information content (AvgIpc) is 2.39. The van der Waals surface area contributed by atoms with Gasteiger partial charge in [0, 0.05) is 26.1 Å². The molecule has 1 rings (SSSR count). The Bertz CT molecular complexity index is 343. The van der Waals surface area contributed by atoms with Gasteiger partial charge in [-0.3, -0.25) is 0 Å². The Morgan fingerprint density at radius 1 is 1.33 bits per heavy atom. The van der Waals surface area contributed by atoms with Crippen molar-refractivity contribution in [3.05, 3.63) is 35.6 Å². The van der Waals surface area contributed by atoms with Crippen LogP contribution in [0.15, 0.2) is 24.3 Å². The highest BCUT2D eigenvalue weighted by Gasteiger charge is 2.20. The second kappa shape index (κ2) is 8.22. The second-order valence-electron chi connectivity index (χ2n) is 4.71. The molecule has 1 aromatic carbocycles. The molecule has 18 heavy (non-hydrogen) atoms. The van der Waals surface area contributed by atoms with E-state index in [-0.39, 0.29) is 11.7 Å². The topological polar surface area (TPSA) is 21.3 Å². The summed E-state index contributed by atoms with van der Waals surface area (Å²) in [5.74, 6) is 0.571. The Balaban J connectivity index is 2.69. The van der Waals surface area contributed by atoms with Gasteiger partial charge in [0.2, 0.25) is 0 Å². The maximum atomic E-state index is 13.9. The molecule has 0 aromatic heterocycles. The summed E-state index contributed by atoms with van der Waals surface area (Å²) in [6.45, 7) is 6.60. The van der Waals surface area contributed by atoms with Gasteiger partial charge in [-0.05, 0) is 17.5 Å². The largest absolute Gasteiger partial charge is 0.383 e. The number of benzene rings is 1. The van der Waals surface area contributed by atoms with Crippen LogP contribution in [0.25, 0.3) is 0 Å². The van der Waals surface area contributed by atoms with Gasteiger partial charge >= 0.3 is 0 Å². The fourth-order valence-electron chi connectivity index (χ4n) is 2.11. The summed E-state index contributed by atoms with van der Waals surface area (Å²) >= 11 is 0. The number of hydrogen-bond acceptors (Lipinski definition) is 2. The summed E-state index contributed by atoms with van der Waals surface area (Å²) in [4.78, 5) is 0. The molecule has 0 saturated heterocycles. The lowest BCUT2D eigenvalue weighted by Crippen LogP contribution is -2.28. The minimum atomic E-state index is -0.101. The molecular formula is C15H24FNO. The van der Waals surface area contributed by atoms with E-state index in [1.165, 1.54) is 0 Å². The van der Waals surface area contributed by atoms with Crippen molar-refractivity contribution in [2.24, 2.45) is 5.92 Å². The van der Waals surface area contributed by atoms with E-state index >= 15 is 0 Å². The fraction of sp³-hybridized carbons (Fsp3) is 0.600. The Morgan fingerprint density at radius 2 is 2.06 bits per heavy atom. The first-order valence-electron chi connectivity index (χ1n) is 6.64. The Hall–Kier alpha value is -0.930. The quantitative estimate of drug-likeness (QED) is 0.718. The summed E-state index contributed by atoms with van der Waals surface area (Å²) < 4.78 is 18.9. The monoisotopic (exact) mass is 253 g/mol. The van der Waals surface area contributed by atoms with Crippen LogP contribution in [0.3, 0.4) is 0 Å². The van der Waals surface area contributed by atoms with Crippen molar-refractivity contribution in [3.8, 4) is 0 Å². The normalized spacial score (nSPS) is 14.4. The third kappa shape index (κ3) is 4.39. The SMILES string of the molecule is CCC(C)C(CNCCOC)c1ccccc1F. The van der Waals surface area contributed by atoms with Gasteiger partial charge < -0.3 is 10.1 Å². The predicted molar refractivity (Wildman–Crippen MR) is 73.3 cm³/mol. The summed E-state index contributed by atoms with van der Waals surface area (Å²) in [5, 5.41) is 3.34. The Labute approximate surface area is 110 Å². The van der Waals surface area contributed by atoms with Gasteiger partial charge in [-0.15, -0.1) is 0 Å². The van der Waals surface area contributed by atoms with Crippen LogP contribution in [0.5, 0.6) is 0 Å². The highest BCUT2D eigenvalue weighted by molar-refractivity contribution is 5.22. The van der Waals surface area contributed by atoms with Gasteiger partial charge in [0.15, 0.2) is 0 Å². The van der Waals surface area contributed by atoms with Crippen molar-refractivity contribution < 1.29 is 9.13 Å². The Morgan fingerprint density at radius 3 is 2.67 bits per heavy atom. The van der Waals surface area contributed by atoms with E-state index in [0.717, 1.165) is 25.1 Å². The van der Waals surface area contributed by atoms with Crippen LogP contribution in [0.2, 0.25) is 0 Å². The maximum Gasteiger partial charge on any atom is 0.126 e. The summed E-state index contributed by atoms with van der Waals surface area (Å²) in [6.07, 6.45) is 1.05. The molecule has 3 heteroatoms. The van der Waals surface area contributed by atoms with Gasteiger partial charge in [-0.1, -0.05) is 38.5 Å². The van der Waals surface area contributed by atoms with Crippen molar-refractivity contribution >= 4 is 0 Å². The Kier molecular flexibility index (Phi) is 6.91. The summed E-state index contributed by atoms with van der Waals surface area (Å²) in [6, 6.07) is 7.08. The smallest absolute Gasteiger partial charge is 0.126 e. The highest BCUT2D eigenvalue weighted by Crippen LogP contribution is 2.28. The van der Waals surface area contributed by atoms with Crippen LogP contribution in [-0.2, 0) is 4.74 Å². The van der Waals surface area contributed by atoms with Gasteiger partial charge in [0.1, 0.15) is 5.82 Å². The highest BCUT2D eigenvalue weighted by atomic mass is 19.1. The molecule has 2 nitrogen and oxygen atoms in total. The van der Waals surface area contributed by atoms with Crippen molar-refractivity contribution in [1.82, 2.24) is 5.32 Å². The lowest BCUT2D eigenvalue weighted by atomic mass is 9.85. The van der Waals surface area contributed by atoms with E-state index in [0.29, 0.717) is 12.5 Å². The molecule has 0 fully saturated rings. The minimum Gasteiger partial charge on any atom is -0.383 e. The molecule has 0 bridgehead atoms. The molecule has 0 radical (unpaired) electrons. The van der Waals surface area contributed by atoms with Crippen LogP contribution < -0.4 is 5.32 Å². The molecule has 2 atom stereocenters. The van der Waals surface area contributed by atoms with E-state index < -0.39 is 0 Å². The van der Waals surface area contributed by atoms with Crippen molar-refractivity contribution in [1.29, 1.82) is 0 Å². The third-order valence-electron chi connectivity index (χ3n) is 3.48. The summed E-state index contributed by atoms with van der Waals surface area (Å²) in [7, 11) is 1.69. The van der Waals surface area contributed by atoms with Crippen LogP contribution in [0, 0.1) is 11.7 Å². The maximum absolute atomic E-state index is 13.9. The first-order valence-corrected chi connectivity index (χ1v) is 6.64. The van der Waals surface area contributed by atoms with Gasteiger partial charge in [0.25, 0.3) is 0 Å². The molecule has 1 N–H and O–H groups in total. The van der Waals surface area contributed by atoms with Crippen LogP contribution >= 0.6 is 0 Å². The number of rotatable bonds is 8.